The Hall–Kier alpha value is -2.84. The fourth-order valence-corrected chi connectivity index (χ4v) is 2.68. The molecule has 2 aromatic heterocycles. The third-order valence-electron chi connectivity index (χ3n) is 3.46. The van der Waals surface area contributed by atoms with E-state index in [0.29, 0.717) is 0 Å². The summed E-state index contributed by atoms with van der Waals surface area (Å²) < 4.78 is 0. The van der Waals surface area contributed by atoms with Gasteiger partial charge in [0.05, 0.1) is 17.0 Å². The lowest BCUT2D eigenvalue weighted by atomic mass is 10.0. The summed E-state index contributed by atoms with van der Waals surface area (Å²) in [5.74, 6) is 6.55. The van der Waals surface area contributed by atoms with Gasteiger partial charge in [0, 0.05) is 28.4 Å². The van der Waals surface area contributed by atoms with Crippen LogP contribution < -0.4 is 5.73 Å². The Morgan fingerprint density at radius 1 is 1.04 bits per heavy atom. The predicted octanol–water partition coefficient (Wildman–Crippen LogP) is 3.55. The number of nitrogens with zero attached hydrogens (tertiary/aromatic N) is 3. The lowest BCUT2D eigenvalue weighted by molar-refractivity contribution is 1.11. The van der Waals surface area contributed by atoms with E-state index in [4.69, 9.17) is 5.73 Å². The number of nitrogen functional groups attached to an aromatic ring is 1. The number of aromatic nitrogens is 3. The highest BCUT2D eigenvalue weighted by Crippen LogP contribution is 2.26. The highest BCUT2D eigenvalue weighted by Gasteiger charge is 2.11. The topological polar surface area (TPSA) is 64.7 Å². The molecule has 4 nitrogen and oxygen atoms in total. The van der Waals surface area contributed by atoms with Crippen molar-refractivity contribution >= 4 is 17.7 Å². The molecule has 0 radical (unpaired) electrons. The van der Waals surface area contributed by atoms with Crippen LogP contribution in [0.5, 0.6) is 0 Å². The number of nitrogens with two attached hydrogens (primary N) is 1. The van der Waals surface area contributed by atoms with Crippen molar-refractivity contribution in [3.63, 3.8) is 0 Å². The van der Waals surface area contributed by atoms with Gasteiger partial charge >= 0.3 is 0 Å². The summed E-state index contributed by atoms with van der Waals surface area (Å²) in [5.41, 5.74) is 9.96. The fourth-order valence-electron chi connectivity index (χ4n) is 2.27. The Balaban J connectivity index is 2.10. The van der Waals surface area contributed by atoms with E-state index < -0.39 is 0 Å². The number of hydrogen-bond acceptors (Lipinski definition) is 5. The van der Waals surface area contributed by atoms with E-state index >= 15 is 0 Å². The molecule has 0 spiro atoms. The van der Waals surface area contributed by atoms with Crippen molar-refractivity contribution in [2.45, 2.75) is 11.8 Å². The molecule has 0 unspecified atom stereocenters. The molecule has 0 bridgehead atoms. The van der Waals surface area contributed by atoms with Crippen LogP contribution >= 0.6 is 11.8 Å². The first-order chi connectivity index (χ1) is 11.7. The van der Waals surface area contributed by atoms with Crippen LogP contribution in [-0.4, -0.2) is 21.2 Å². The largest absolute Gasteiger partial charge is 0.368 e. The van der Waals surface area contributed by atoms with Gasteiger partial charge in [-0.15, -0.1) is 11.8 Å². The Morgan fingerprint density at radius 3 is 2.50 bits per heavy atom. The van der Waals surface area contributed by atoms with Gasteiger partial charge in [-0.05, 0) is 37.4 Å². The molecule has 0 aliphatic carbocycles. The number of pyridine rings is 1. The standard InChI is InChI=1S/C19H16N4S/c1-13-17(10-5-14-4-3-11-21-12-14)18(23-19(20)22-13)15-6-8-16(24-2)9-7-15/h3-4,6-9,11-12H,1-2H3,(H2,20,22,23). The minimum Gasteiger partial charge on any atom is -0.368 e. The van der Waals surface area contributed by atoms with E-state index in [9.17, 15) is 0 Å². The van der Waals surface area contributed by atoms with Gasteiger partial charge in [-0.25, -0.2) is 9.97 Å². The van der Waals surface area contributed by atoms with E-state index in [1.807, 2.05) is 37.4 Å². The van der Waals surface area contributed by atoms with Crippen LogP contribution in [0.1, 0.15) is 16.8 Å². The number of benzene rings is 1. The smallest absolute Gasteiger partial charge is 0.220 e. The van der Waals surface area contributed by atoms with Gasteiger partial charge in [-0.1, -0.05) is 24.0 Å². The Kier molecular flexibility index (Phi) is 4.78. The zero-order valence-corrected chi connectivity index (χ0v) is 14.3. The molecule has 0 aliphatic heterocycles. The van der Waals surface area contributed by atoms with Gasteiger partial charge in [0.15, 0.2) is 0 Å². The molecular formula is C19H16N4S. The maximum Gasteiger partial charge on any atom is 0.220 e. The molecule has 0 saturated carbocycles. The van der Waals surface area contributed by atoms with Gasteiger partial charge in [0.1, 0.15) is 0 Å². The van der Waals surface area contributed by atoms with Gasteiger partial charge in [-0.3, -0.25) is 4.98 Å². The maximum atomic E-state index is 5.84. The Bertz CT molecular complexity index is 910. The van der Waals surface area contributed by atoms with E-state index in [1.165, 1.54) is 4.90 Å². The van der Waals surface area contributed by atoms with Gasteiger partial charge in [-0.2, -0.15) is 0 Å². The average molecular weight is 332 g/mol. The number of aryl methyl sites for hydroxylation is 1. The second kappa shape index (κ2) is 7.16. The molecule has 0 fully saturated rings. The van der Waals surface area contributed by atoms with E-state index in [1.54, 1.807) is 24.2 Å². The van der Waals surface area contributed by atoms with Gasteiger partial charge in [0.2, 0.25) is 5.95 Å². The second-order valence-corrected chi connectivity index (χ2v) is 5.99. The zero-order valence-electron chi connectivity index (χ0n) is 13.4. The summed E-state index contributed by atoms with van der Waals surface area (Å²) in [6, 6.07) is 12.0. The fraction of sp³-hybridized carbons (Fsp3) is 0.105. The van der Waals surface area contributed by atoms with E-state index in [-0.39, 0.29) is 5.95 Å². The van der Waals surface area contributed by atoms with E-state index in [2.05, 4.69) is 38.9 Å². The number of rotatable bonds is 2. The molecule has 118 valence electrons. The zero-order chi connectivity index (χ0) is 16.9. The van der Waals surface area contributed by atoms with Crippen LogP contribution in [0.25, 0.3) is 11.3 Å². The molecule has 0 atom stereocenters. The Morgan fingerprint density at radius 2 is 1.83 bits per heavy atom. The normalized spacial score (nSPS) is 10.1. The molecular weight excluding hydrogens is 316 g/mol. The number of thioether (sulfide) groups is 1. The lowest BCUT2D eigenvalue weighted by Gasteiger charge is -2.08. The second-order valence-electron chi connectivity index (χ2n) is 5.11. The first-order valence-corrected chi connectivity index (χ1v) is 8.60. The monoisotopic (exact) mass is 332 g/mol. The lowest BCUT2D eigenvalue weighted by Crippen LogP contribution is -2.02. The summed E-state index contributed by atoms with van der Waals surface area (Å²) in [6.07, 6.45) is 5.50. The highest BCUT2D eigenvalue weighted by molar-refractivity contribution is 7.98. The first kappa shape index (κ1) is 16.0. The molecule has 24 heavy (non-hydrogen) atoms. The minimum atomic E-state index is 0.253. The van der Waals surface area contributed by atoms with Crippen molar-refractivity contribution in [3.8, 4) is 23.1 Å². The molecule has 0 aliphatic rings. The van der Waals surface area contributed by atoms with Gasteiger partial charge in [0.25, 0.3) is 0 Å². The average Bonchev–Trinajstić information content (AvgIpc) is 2.61. The van der Waals surface area contributed by atoms with Crippen LogP contribution in [0.15, 0.2) is 53.7 Å². The van der Waals surface area contributed by atoms with Crippen molar-refractivity contribution < 1.29 is 0 Å². The molecule has 2 heterocycles. The third kappa shape index (κ3) is 3.55. The summed E-state index contributed by atoms with van der Waals surface area (Å²) >= 11 is 1.70. The minimum absolute atomic E-state index is 0.253. The van der Waals surface area contributed by atoms with Crippen molar-refractivity contribution in [1.29, 1.82) is 0 Å². The Labute approximate surface area is 145 Å². The molecule has 5 heteroatoms. The molecule has 1 aromatic carbocycles. The quantitative estimate of drug-likeness (QED) is 0.574. The molecule has 3 rings (SSSR count). The van der Waals surface area contributed by atoms with Crippen LogP contribution in [0.2, 0.25) is 0 Å². The third-order valence-corrected chi connectivity index (χ3v) is 4.21. The van der Waals surface area contributed by atoms with Crippen LogP contribution in [-0.2, 0) is 0 Å². The summed E-state index contributed by atoms with van der Waals surface area (Å²) in [7, 11) is 0. The van der Waals surface area contributed by atoms with E-state index in [0.717, 1.165) is 28.1 Å². The number of anilines is 1. The van der Waals surface area contributed by atoms with Crippen LogP contribution in [0, 0.1) is 18.8 Å². The number of hydrogen-bond donors (Lipinski definition) is 1. The van der Waals surface area contributed by atoms with Gasteiger partial charge < -0.3 is 5.73 Å². The predicted molar refractivity (Wildman–Crippen MR) is 98.6 cm³/mol. The summed E-state index contributed by atoms with van der Waals surface area (Å²) in [5, 5.41) is 0. The summed E-state index contributed by atoms with van der Waals surface area (Å²) in [6.45, 7) is 1.89. The SMILES string of the molecule is CSc1ccc(-c2nc(N)nc(C)c2C#Cc2cccnc2)cc1. The van der Waals surface area contributed by atoms with Crippen LogP contribution in [0.3, 0.4) is 0 Å². The van der Waals surface area contributed by atoms with Crippen molar-refractivity contribution in [1.82, 2.24) is 15.0 Å². The van der Waals surface area contributed by atoms with Crippen molar-refractivity contribution in [3.05, 3.63) is 65.6 Å². The van der Waals surface area contributed by atoms with Crippen molar-refractivity contribution in [2.24, 2.45) is 0 Å². The maximum absolute atomic E-state index is 5.84. The molecule has 2 N–H and O–H groups in total. The highest BCUT2D eigenvalue weighted by atomic mass is 32.2. The molecule has 0 amide bonds. The molecule has 0 saturated heterocycles. The van der Waals surface area contributed by atoms with Crippen molar-refractivity contribution in [2.75, 3.05) is 12.0 Å². The first-order valence-electron chi connectivity index (χ1n) is 7.38. The van der Waals surface area contributed by atoms with Crippen LogP contribution in [0.4, 0.5) is 5.95 Å². The summed E-state index contributed by atoms with van der Waals surface area (Å²) in [4.78, 5) is 13.9. The molecule has 3 aromatic rings.